The van der Waals surface area contributed by atoms with Crippen LogP contribution in [0.5, 0.6) is 0 Å². The Kier molecular flexibility index (Phi) is 5.36. The fourth-order valence-corrected chi connectivity index (χ4v) is 2.39. The lowest BCUT2D eigenvalue weighted by molar-refractivity contribution is 0.0949. The molecular weight excluding hydrogens is 317 g/mol. The van der Waals surface area contributed by atoms with Crippen LogP contribution in [-0.2, 0) is 6.42 Å². The van der Waals surface area contributed by atoms with Gasteiger partial charge < -0.3 is 10.6 Å². The van der Waals surface area contributed by atoms with E-state index in [4.69, 9.17) is 0 Å². The van der Waals surface area contributed by atoms with E-state index in [2.05, 4.69) is 15.6 Å². The van der Waals surface area contributed by atoms with Gasteiger partial charge in [-0.3, -0.25) is 4.79 Å². The summed E-state index contributed by atoms with van der Waals surface area (Å²) in [6.07, 6.45) is 2.32. The Balaban J connectivity index is 1.53. The van der Waals surface area contributed by atoms with Crippen LogP contribution >= 0.6 is 0 Å². The van der Waals surface area contributed by atoms with Crippen LogP contribution in [0.15, 0.2) is 72.9 Å². The summed E-state index contributed by atoms with van der Waals surface area (Å²) in [6.45, 7) is 0.549. The van der Waals surface area contributed by atoms with Gasteiger partial charge in [-0.15, -0.1) is 0 Å². The highest BCUT2D eigenvalue weighted by Gasteiger charge is 2.06. The van der Waals surface area contributed by atoms with Gasteiger partial charge in [0.1, 0.15) is 11.5 Å². The average molecular weight is 335 g/mol. The number of anilines is 2. The van der Waals surface area contributed by atoms with Gasteiger partial charge in [0.2, 0.25) is 0 Å². The molecular formula is C20H18FN3O. The van der Waals surface area contributed by atoms with E-state index >= 15 is 0 Å². The van der Waals surface area contributed by atoms with Crippen LogP contribution in [0.1, 0.15) is 16.1 Å². The second-order valence-electron chi connectivity index (χ2n) is 5.56. The highest BCUT2D eigenvalue weighted by Crippen LogP contribution is 2.16. The minimum atomic E-state index is -0.313. The molecule has 0 aliphatic rings. The van der Waals surface area contributed by atoms with E-state index in [9.17, 15) is 9.18 Å². The first-order chi connectivity index (χ1) is 12.2. The molecule has 5 heteroatoms. The van der Waals surface area contributed by atoms with Gasteiger partial charge in [0.15, 0.2) is 0 Å². The molecule has 0 bridgehead atoms. The standard InChI is InChI=1S/C20H18FN3O/c21-16-7-4-8-17(13-16)24-18-9-10-19(23-14-18)20(25)22-12-11-15-5-2-1-3-6-15/h1-10,13-14,24H,11-12H2,(H,22,25). The van der Waals surface area contributed by atoms with Crippen molar-refractivity contribution >= 4 is 17.3 Å². The number of halogens is 1. The van der Waals surface area contributed by atoms with Gasteiger partial charge in [-0.1, -0.05) is 36.4 Å². The minimum Gasteiger partial charge on any atom is -0.354 e. The van der Waals surface area contributed by atoms with Gasteiger partial charge in [-0.2, -0.15) is 0 Å². The summed E-state index contributed by atoms with van der Waals surface area (Å²) < 4.78 is 13.2. The second-order valence-corrected chi connectivity index (χ2v) is 5.56. The summed E-state index contributed by atoms with van der Waals surface area (Å²) in [7, 11) is 0. The number of aromatic nitrogens is 1. The summed E-state index contributed by atoms with van der Waals surface area (Å²) in [6, 6.07) is 19.5. The molecule has 3 rings (SSSR count). The molecule has 1 amide bonds. The molecule has 2 aromatic carbocycles. The highest BCUT2D eigenvalue weighted by molar-refractivity contribution is 5.92. The Morgan fingerprint density at radius 3 is 2.52 bits per heavy atom. The van der Waals surface area contributed by atoms with Crippen molar-refractivity contribution in [2.24, 2.45) is 0 Å². The van der Waals surface area contributed by atoms with Gasteiger partial charge in [-0.25, -0.2) is 9.37 Å². The first kappa shape index (κ1) is 16.6. The maximum Gasteiger partial charge on any atom is 0.269 e. The lowest BCUT2D eigenvalue weighted by Crippen LogP contribution is -2.26. The van der Waals surface area contributed by atoms with Gasteiger partial charge >= 0.3 is 0 Å². The van der Waals surface area contributed by atoms with Crippen LogP contribution in [0.25, 0.3) is 0 Å². The molecule has 0 atom stereocenters. The molecule has 0 saturated carbocycles. The minimum absolute atomic E-state index is 0.215. The summed E-state index contributed by atoms with van der Waals surface area (Å²) in [4.78, 5) is 16.3. The molecule has 0 radical (unpaired) electrons. The van der Waals surface area contributed by atoms with E-state index < -0.39 is 0 Å². The number of benzene rings is 2. The van der Waals surface area contributed by atoms with E-state index in [-0.39, 0.29) is 11.7 Å². The molecule has 0 fully saturated rings. The van der Waals surface area contributed by atoms with E-state index in [0.29, 0.717) is 23.6 Å². The maximum absolute atomic E-state index is 13.2. The molecule has 0 spiro atoms. The van der Waals surface area contributed by atoms with Crippen LogP contribution < -0.4 is 10.6 Å². The Hall–Kier alpha value is -3.21. The molecule has 126 valence electrons. The number of rotatable bonds is 6. The van der Waals surface area contributed by atoms with Crippen LogP contribution in [0.2, 0.25) is 0 Å². The molecule has 0 aliphatic heterocycles. The van der Waals surface area contributed by atoms with Gasteiger partial charge in [-0.05, 0) is 42.3 Å². The summed E-state index contributed by atoms with van der Waals surface area (Å²) in [5.41, 5.74) is 2.83. The predicted octanol–water partition coefficient (Wildman–Crippen LogP) is 3.94. The molecule has 0 saturated heterocycles. The van der Waals surface area contributed by atoms with Gasteiger partial charge in [0, 0.05) is 12.2 Å². The normalized spacial score (nSPS) is 10.3. The van der Waals surface area contributed by atoms with Crippen LogP contribution in [0, 0.1) is 5.82 Å². The van der Waals surface area contributed by atoms with Crippen molar-refractivity contribution in [3.8, 4) is 0 Å². The second kappa shape index (κ2) is 8.06. The number of pyridine rings is 1. The number of amides is 1. The predicted molar refractivity (Wildman–Crippen MR) is 96.4 cm³/mol. The Bertz CT molecular complexity index is 835. The molecule has 1 aromatic heterocycles. The molecule has 2 N–H and O–H groups in total. The third-order valence-corrected chi connectivity index (χ3v) is 3.65. The first-order valence-corrected chi connectivity index (χ1v) is 8.01. The number of hydrogen-bond donors (Lipinski definition) is 2. The van der Waals surface area contributed by atoms with Crippen molar-refractivity contribution < 1.29 is 9.18 Å². The number of nitrogens with one attached hydrogen (secondary N) is 2. The molecule has 4 nitrogen and oxygen atoms in total. The number of nitrogens with zero attached hydrogens (tertiary/aromatic N) is 1. The fourth-order valence-electron chi connectivity index (χ4n) is 2.39. The SMILES string of the molecule is O=C(NCCc1ccccc1)c1ccc(Nc2cccc(F)c2)cn1. The van der Waals surface area contributed by atoms with Gasteiger partial charge in [0.25, 0.3) is 5.91 Å². The van der Waals surface area contributed by atoms with Crippen molar-refractivity contribution in [1.82, 2.24) is 10.3 Å². The van der Waals surface area contributed by atoms with E-state index in [1.807, 2.05) is 30.3 Å². The zero-order valence-corrected chi connectivity index (χ0v) is 13.6. The molecule has 1 heterocycles. The summed E-state index contributed by atoms with van der Waals surface area (Å²) in [5.74, 6) is -0.527. The quantitative estimate of drug-likeness (QED) is 0.717. The van der Waals surface area contributed by atoms with Crippen molar-refractivity contribution in [1.29, 1.82) is 0 Å². The fraction of sp³-hybridized carbons (Fsp3) is 0.100. The smallest absolute Gasteiger partial charge is 0.269 e. The largest absolute Gasteiger partial charge is 0.354 e. The van der Waals surface area contributed by atoms with E-state index in [1.165, 1.54) is 17.7 Å². The number of carbonyl (C=O) groups is 1. The molecule has 0 aliphatic carbocycles. The molecule has 25 heavy (non-hydrogen) atoms. The first-order valence-electron chi connectivity index (χ1n) is 8.01. The zero-order chi connectivity index (χ0) is 17.5. The van der Waals surface area contributed by atoms with Crippen LogP contribution in [0.4, 0.5) is 15.8 Å². The van der Waals surface area contributed by atoms with Crippen LogP contribution in [-0.4, -0.2) is 17.4 Å². The third kappa shape index (κ3) is 4.88. The Morgan fingerprint density at radius 1 is 0.960 bits per heavy atom. The number of carbonyl (C=O) groups excluding carboxylic acids is 1. The van der Waals surface area contributed by atoms with Crippen molar-refractivity contribution in [2.45, 2.75) is 6.42 Å². The van der Waals surface area contributed by atoms with Crippen molar-refractivity contribution in [3.63, 3.8) is 0 Å². The third-order valence-electron chi connectivity index (χ3n) is 3.65. The number of hydrogen-bond acceptors (Lipinski definition) is 3. The van der Waals surface area contributed by atoms with Crippen molar-refractivity contribution in [2.75, 3.05) is 11.9 Å². The topological polar surface area (TPSA) is 54.0 Å². The maximum atomic E-state index is 13.2. The summed E-state index contributed by atoms with van der Waals surface area (Å²) in [5, 5.41) is 5.89. The van der Waals surface area contributed by atoms with Crippen LogP contribution in [0.3, 0.4) is 0 Å². The molecule has 3 aromatic rings. The van der Waals surface area contributed by atoms with Gasteiger partial charge in [0.05, 0.1) is 11.9 Å². The Morgan fingerprint density at radius 2 is 1.80 bits per heavy atom. The molecule has 0 unspecified atom stereocenters. The lowest BCUT2D eigenvalue weighted by Gasteiger charge is -2.08. The lowest BCUT2D eigenvalue weighted by atomic mass is 10.1. The highest BCUT2D eigenvalue weighted by atomic mass is 19.1. The monoisotopic (exact) mass is 335 g/mol. The van der Waals surface area contributed by atoms with E-state index in [0.717, 1.165) is 6.42 Å². The average Bonchev–Trinajstić information content (AvgIpc) is 2.63. The van der Waals surface area contributed by atoms with E-state index in [1.54, 1.807) is 30.5 Å². The summed E-state index contributed by atoms with van der Waals surface area (Å²) >= 11 is 0. The zero-order valence-electron chi connectivity index (χ0n) is 13.6. The van der Waals surface area contributed by atoms with Crippen molar-refractivity contribution in [3.05, 3.63) is 90.0 Å². The Labute approximate surface area is 145 Å².